The fourth-order valence-electron chi connectivity index (χ4n) is 1.35. The third-order valence-corrected chi connectivity index (χ3v) is 4.02. The lowest BCUT2D eigenvalue weighted by atomic mass is 10.2. The van der Waals surface area contributed by atoms with Crippen molar-refractivity contribution in [2.75, 3.05) is 27.2 Å². The average molecular weight is 303 g/mol. The van der Waals surface area contributed by atoms with Crippen LogP contribution in [0, 0.1) is 5.82 Å². The number of rotatable bonds is 7. The molecule has 0 atom stereocenters. The molecule has 112 valence electrons. The van der Waals surface area contributed by atoms with Gasteiger partial charge in [0.15, 0.2) is 0 Å². The molecule has 0 aliphatic rings. The Labute approximate surface area is 118 Å². The highest BCUT2D eigenvalue weighted by Crippen LogP contribution is 2.02. The molecule has 0 aromatic heterocycles. The summed E-state index contributed by atoms with van der Waals surface area (Å²) in [4.78, 5) is 11.6. The number of carbonyl (C=O) groups excluding carboxylic acids is 1. The fraction of sp³-hybridized carbons (Fsp3) is 0.417. The Morgan fingerprint density at radius 2 is 2.00 bits per heavy atom. The van der Waals surface area contributed by atoms with Crippen molar-refractivity contribution in [3.63, 3.8) is 0 Å². The zero-order valence-electron chi connectivity index (χ0n) is 11.4. The molecule has 6 nitrogen and oxygen atoms in total. The Morgan fingerprint density at radius 3 is 2.60 bits per heavy atom. The van der Waals surface area contributed by atoms with Crippen molar-refractivity contribution in [1.82, 2.24) is 14.3 Å². The standard InChI is InChI=1S/C12H18FN3O3S/c1-16(2)20(18,19)15-8-4-7-14-12(17)10-5-3-6-11(13)9-10/h3,5-6,9,15H,4,7-8H2,1-2H3,(H,14,17). The Kier molecular flexibility index (Phi) is 6.05. The van der Waals surface area contributed by atoms with Gasteiger partial charge >= 0.3 is 0 Å². The second kappa shape index (κ2) is 7.32. The monoisotopic (exact) mass is 303 g/mol. The van der Waals surface area contributed by atoms with Gasteiger partial charge in [0.2, 0.25) is 0 Å². The molecule has 20 heavy (non-hydrogen) atoms. The van der Waals surface area contributed by atoms with Gasteiger partial charge in [-0.25, -0.2) is 9.11 Å². The van der Waals surface area contributed by atoms with Crippen LogP contribution in [0.2, 0.25) is 0 Å². The van der Waals surface area contributed by atoms with Gasteiger partial charge in [-0.15, -0.1) is 0 Å². The van der Waals surface area contributed by atoms with Crippen LogP contribution in [0.15, 0.2) is 24.3 Å². The lowest BCUT2D eigenvalue weighted by Gasteiger charge is -2.12. The van der Waals surface area contributed by atoms with Crippen molar-refractivity contribution in [3.05, 3.63) is 35.6 Å². The van der Waals surface area contributed by atoms with Crippen LogP contribution in [0.25, 0.3) is 0 Å². The quantitative estimate of drug-likeness (QED) is 0.713. The largest absolute Gasteiger partial charge is 0.352 e. The predicted octanol–water partition coefficient (Wildman–Crippen LogP) is 0.342. The van der Waals surface area contributed by atoms with Gasteiger partial charge in [-0.2, -0.15) is 12.7 Å². The van der Waals surface area contributed by atoms with E-state index in [9.17, 15) is 17.6 Å². The minimum Gasteiger partial charge on any atom is -0.352 e. The van der Waals surface area contributed by atoms with E-state index in [0.29, 0.717) is 13.0 Å². The molecule has 0 aliphatic carbocycles. The third kappa shape index (κ3) is 5.24. The molecule has 0 heterocycles. The maximum absolute atomic E-state index is 12.9. The van der Waals surface area contributed by atoms with Crippen LogP contribution >= 0.6 is 0 Å². The number of hydrogen-bond acceptors (Lipinski definition) is 3. The van der Waals surface area contributed by atoms with Crippen LogP contribution in [0.5, 0.6) is 0 Å². The molecule has 1 rings (SSSR count). The number of halogens is 1. The molecule has 0 radical (unpaired) electrons. The molecule has 0 unspecified atom stereocenters. The van der Waals surface area contributed by atoms with Crippen LogP contribution in [0.4, 0.5) is 4.39 Å². The van der Waals surface area contributed by atoms with Crippen LogP contribution in [0.3, 0.4) is 0 Å². The van der Waals surface area contributed by atoms with E-state index in [-0.39, 0.29) is 18.0 Å². The molecule has 1 aromatic rings. The summed E-state index contributed by atoms with van der Waals surface area (Å²) in [7, 11) is -0.586. The first-order valence-electron chi connectivity index (χ1n) is 6.04. The van der Waals surface area contributed by atoms with Crippen molar-refractivity contribution < 1.29 is 17.6 Å². The van der Waals surface area contributed by atoms with E-state index in [1.165, 1.54) is 32.3 Å². The van der Waals surface area contributed by atoms with Gasteiger partial charge in [-0.05, 0) is 24.6 Å². The highest BCUT2D eigenvalue weighted by Gasteiger charge is 2.11. The zero-order chi connectivity index (χ0) is 15.2. The van der Waals surface area contributed by atoms with Gasteiger partial charge in [-0.1, -0.05) is 6.07 Å². The number of nitrogens with one attached hydrogen (secondary N) is 2. The van der Waals surface area contributed by atoms with Gasteiger partial charge in [0.25, 0.3) is 16.1 Å². The molecule has 0 saturated heterocycles. The van der Waals surface area contributed by atoms with E-state index < -0.39 is 16.0 Å². The molecule has 0 fully saturated rings. The highest BCUT2D eigenvalue weighted by atomic mass is 32.2. The molecule has 0 spiro atoms. The van der Waals surface area contributed by atoms with Crippen molar-refractivity contribution >= 4 is 16.1 Å². The maximum Gasteiger partial charge on any atom is 0.278 e. The maximum atomic E-state index is 12.9. The molecular weight excluding hydrogens is 285 g/mol. The van der Waals surface area contributed by atoms with Crippen molar-refractivity contribution in [2.24, 2.45) is 0 Å². The summed E-state index contributed by atoms with van der Waals surface area (Å²) in [5.41, 5.74) is 0.235. The van der Waals surface area contributed by atoms with Gasteiger partial charge in [0, 0.05) is 32.7 Å². The molecular formula is C12H18FN3O3S. The van der Waals surface area contributed by atoms with Gasteiger partial charge < -0.3 is 5.32 Å². The Morgan fingerprint density at radius 1 is 1.30 bits per heavy atom. The average Bonchev–Trinajstić information content (AvgIpc) is 2.37. The number of amides is 1. The van der Waals surface area contributed by atoms with Gasteiger partial charge in [0.05, 0.1) is 0 Å². The predicted molar refractivity (Wildman–Crippen MR) is 74.0 cm³/mol. The Bertz CT molecular complexity index is 561. The summed E-state index contributed by atoms with van der Waals surface area (Å²) in [6, 6.07) is 5.36. The van der Waals surface area contributed by atoms with Crippen molar-refractivity contribution in [3.8, 4) is 0 Å². The summed E-state index contributed by atoms with van der Waals surface area (Å²) in [6.07, 6.45) is 0.439. The number of nitrogens with zero attached hydrogens (tertiary/aromatic N) is 1. The van der Waals surface area contributed by atoms with Crippen LogP contribution in [-0.2, 0) is 10.2 Å². The third-order valence-electron chi connectivity index (χ3n) is 2.49. The first-order chi connectivity index (χ1) is 9.33. The lowest BCUT2D eigenvalue weighted by molar-refractivity contribution is 0.0953. The minimum absolute atomic E-state index is 0.212. The number of benzene rings is 1. The summed E-state index contributed by atoms with van der Waals surface area (Å²) < 4.78 is 39.1. The summed E-state index contributed by atoms with van der Waals surface area (Å²) >= 11 is 0. The second-order valence-electron chi connectivity index (χ2n) is 4.30. The summed E-state index contributed by atoms with van der Waals surface area (Å²) in [6.45, 7) is 0.509. The Balaban J connectivity index is 2.30. The van der Waals surface area contributed by atoms with E-state index in [0.717, 1.165) is 10.4 Å². The first-order valence-corrected chi connectivity index (χ1v) is 7.48. The Hall–Kier alpha value is -1.51. The fourth-order valence-corrected chi connectivity index (χ4v) is 2.01. The van der Waals surface area contributed by atoms with Gasteiger partial charge in [-0.3, -0.25) is 4.79 Å². The molecule has 1 amide bonds. The highest BCUT2D eigenvalue weighted by molar-refractivity contribution is 7.87. The topological polar surface area (TPSA) is 78.5 Å². The van der Waals surface area contributed by atoms with Crippen LogP contribution in [-0.4, -0.2) is 45.8 Å². The molecule has 0 aliphatic heterocycles. The normalized spacial score (nSPS) is 11.6. The van der Waals surface area contributed by atoms with Crippen molar-refractivity contribution in [1.29, 1.82) is 0 Å². The van der Waals surface area contributed by atoms with Crippen LogP contribution in [0.1, 0.15) is 16.8 Å². The van der Waals surface area contributed by atoms with Crippen LogP contribution < -0.4 is 10.0 Å². The molecule has 1 aromatic carbocycles. The van der Waals surface area contributed by atoms with Crippen molar-refractivity contribution in [2.45, 2.75) is 6.42 Å². The smallest absolute Gasteiger partial charge is 0.278 e. The molecule has 0 bridgehead atoms. The van der Waals surface area contributed by atoms with E-state index in [2.05, 4.69) is 10.0 Å². The van der Waals surface area contributed by atoms with E-state index in [1.807, 2.05) is 0 Å². The van der Waals surface area contributed by atoms with E-state index in [1.54, 1.807) is 0 Å². The second-order valence-corrected chi connectivity index (χ2v) is 6.27. The molecule has 2 N–H and O–H groups in total. The molecule has 8 heteroatoms. The first kappa shape index (κ1) is 16.5. The SMILES string of the molecule is CN(C)S(=O)(=O)NCCCNC(=O)c1cccc(F)c1. The van der Waals surface area contributed by atoms with E-state index >= 15 is 0 Å². The molecule has 0 saturated carbocycles. The summed E-state index contributed by atoms with van der Waals surface area (Å²) in [5.74, 6) is -0.864. The van der Waals surface area contributed by atoms with E-state index in [4.69, 9.17) is 0 Å². The number of hydrogen-bond donors (Lipinski definition) is 2. The summed E-state index contributed by atoms with van der Waals surface area (Å²) in [5, 5.41) is 2.59. The zero-order valence-corrected chi connectivity index (χ0v) is 12.2. The minimum atomic E-state index is -3.44. The lowest BCUT2D eigenvalue weighted by Crippen LogP contribution is -2.37. The number of carbonyl (C=O) groups is 1. The van der Waals surface area contributed by atoms with Gasteiger partial charge in [0.1, 0.15) is 5.82 Å².